The fraction of sp³-hybridized carbons (Fsp3) is 0.219. The van der Waals surface area contributed by atoms with Gasteiger partial charge in [-0.2, -0.15) is 0 Å². The standard InChI is InChI=1S/C32H29N7O7/c33-19-11-12-22(21(14-19)31(40)41)43-15-23-26-27(46-24(45-26)13-18-7-3-1-4-8-18)30(44-23)39-17-36-25-28(34-16-35-29(25)39)38-32(42)37-20-9-5-2-6-10-20/h1-12,14,16-17,23-24,26-27,30H,13,15,33H2,(H,40,41)(H2,34,35,37,38,42). The first-order chi connectivity index (χ1) is 22.4. The quantitative estimate of drug-likeness (QED) is 0.173. The highest BCUT2D eigenvalue weighted by Crippen LogP contribution is 2.41. The van der Waals surface area contributed by atoms with Gasteiger partial charge in [0.05, 0.1) is 6.33 Å². The number of hydrogen-bond donors (Lipinski definition) is 4. The van der Waals surface area contributed by atoms with E-state index in [1.54, 1.807) is 29.1 Å². The number of benzene rings is 3. The van der Waals surface area contributed by atoms with E-state index in [0.717, 1.165) is 5.56 Å². The molecule has 0 radical (unpaired) electrons. The molecule has 0 aliphatic carbocycles. The number of nitrogens with one attached hydrogen (secondary N) is 2. The number of aromatic nitrogens is 4. The maximum Gasteiger partial charge on any atom is 0.339 e. The highest BCUT2D eigenvalue weighted by Gasteiger charge is 2.54. The molecule has 5 atom stereocenters. The molecule has 46 heavy (non-hydrogen) atoms. The molecule has 2 amide bonds. The first-order valence-electron chi connectivity index (χ1n) is 14.5. The smallest absolute Gasteiger partial charge is 0.339 e. The molecule has 7 rings (SSSR count). The SMILES string of the molecule is Nc1ccc(OCC2OC(n3cnc4c(NC(=O)Nc5ccccc5)ncnc43)C3OC(Cc4ccccc4)OC23)c(C(=O)O)c1. The van der Waals surface area contributed by atoms with E-state index in [0.29, 0.717) is 29.0 Å². The third-order valence-corrected chi connectivity index (χ3v) is 7.68. The molecular weight excluding hydrogens is 594 g/mol. The minimum Gasteiger partial charge on any atom is -0.490 e. The van der Waals surface area contributed by atoms with E-state index in [1.807, 2.05) is 48.5 Å². The van der Waals surface area contributed by atoms with Crippen LogP contribution in [-0.4, -0.2) is 67.8 Å². The fourth-order valence-corrected chi connectivity index (χ4v) is 5.59. The average molecular weight is 624 g/mol. The van der Waals surface area contributed by atoms with Crippen molar-refractivity contribution in [2.75, 3.05) is 23.0 Å². The molecule has 0 bridgehead atoms. The summed E-state index contributed by atoms with van der Waals surface area (Å²) < 4.78 is 26.9. The minimum atomic E-state index is -1.17. The van der Waals surface area contributed by atoms with Gasteiger partial charge in [0.25, 0.3) is 0 Å². The zero-order valence-electron chi connectivity index (χ0n) is 24.2. The molecule has 234 valence electrons. The fourth-order valence-electron chi connectivity index (χ4n) is 5.59. The molecule has 2 fully saturated rings. The van der Waals surface area contributed by atoms with Gasteiger partial charge in [0.1, 0.15) is 42.6 Å². The summed E-state index contributed by atoms with van der Waals surface area (Å²) in [6.07, 6.45) is 0.268. The Morgan fingerprint density at radius 3 is 2.46 bits per heavy atom. The highest BCUT2D eigenvalue weighted by molar-refractivity contribution is 6.02. The van der Waals surface area contributed by atoms with Crippen molar-refractivity contribution in [3.05, 3.63) is 103 Å². The summed E-state index contributed by atoms with van der Waals surface area (Å²) in [6, 6.07) is 22.8. The number of nitrogens with zero attached hydrogens (tertiary/aromatic N) is 4. The Balaban J connectivity index is 1.14. The van der Waals surface area contributed by atoms with Gasteiger partial charge in [0.15, 0.2) is 29.5 Å². The van der Waals surface area contributed by atoms with Crippen LogP contribution in [0.4, 0.5) is 22.0 Å². The van der Waals surface area contributed by atoms with Crippen LogP contribution >= 0.6 is 0 Å². The van der Waals surface area contributed by atoms with Gasteiger partial charge in [-0.25, -0.2) is 24.5 Å². The summed E-state index contributed by atoms with van der Waals surface area (Å²) in [5.74, 6) is -0.808. The number of urea groups is 1. The predicted molar refractivity (Wildman–Crippen MR) is 165 cm³/mol. The lowest BCUT2D eigenvalue weighted by molar-refractivity contribution is -0.148. The molecule has 0 spiro atoms. The van der Waals surface area contributed by atoms with E-state index in [4.69, 9.17) is 24.7 Å². The van der Waals surface area contributed by atoms with E-state index in [1.165, 1.54) is 18.5 Å². The molecular formula is C32H29N7O7. The molecule has 5 N–H and O–H groups in total. The summed E-state index contributed by atoms with van der Waals surface area (Å²) in [7, 11) is 0. The zero-order chi connectivity index (χ0) is 31.6. The molecule has 5 aromatic rings. The van der Waals surface area contributed by atoms with E-state index < -0.39 is 42.8 Å². The van der Waals surface area contributed by atoms with Crippen LogP contribution in [0.1, 0.15) is 22.1 Å². The van der Waals surface area contributed by atoms with E-state index >= 15 is 0 Å². The van der Waals surface area contributed by atoms with Crippen LogP contribution in [0.5, 0.6) is 5.75 Å². The summed E-state index contributed by atoms with van der Waals surface area (Å²) in [6.45, 7) is -0.0304. The molecule has 14 nitrogen and oxygen atoms in total. The van der Waals surface area contributed by atoms with Crippen LogP contribution in [0, 0.1) is 0 Å². The molecule has 2 aromatic heterocycles. The second-order valence-corrected chi connectivity index (χ2v) is 10.7. The Morgan fingerprint density at radius 2 is 1.67 bits per heavy atom. The number of nitrogen functional groups attached to an aromatic ring is 1. The van der Waals surface area contributed by atoms with Gasteiger partial charge in [-0.05, 0) is 35.9 Å². The third kappa shape index (κ3) is 5.91. The monoisotopic (exact) mass is 623 g/mol. The Labute approximate surface area is 262 Å². The maximum absolute atomic E-state index is 12.7. The van der Waals surface area contributed by atoms with Crippen molar-refractivity contribution in [3.8, 4) is 5.75 Å². The van der Waals surface area contributed by atoms with Crippen molar-refractivity contribution < 1.29 is 33.6 Å². The molecule has 2 aliphatic rings. The number of fused-ring (bicyclic) bond motifs is 2. The van der Waals surface area contributed by atoms with Crippen molar-refractivity contribution in [1.82, 2.24) is 19.5 Å². The summed E-state index contributed by atoms with van der Waals surface area (Å²) in [5.41, 5.74) is 8.44. The number of carbonyl (C=O) groups excluding carboxylic acids is 1. The van der Waals surface area contributed by atoms with Gasteiger partial charge in [-0.3, -0.25) is 9.88 Å². The van der Waals surface area contributed by atoms with Crippen molar-refractivity contribution in [1.29, 1.82) is 0 Å². The number of carboxylic acid groups (broad SMARTS) is 1. The van der Waals surface area contributed by atoms with E-state index in [-0.39, 0.29) is 23.7 Å². The highest BCUT2D eigenvalue weighted by atomic mass is 16.8. The lowest BCUT2D eigenvalue weighted by Crippen LogP contribution is -2.33. The Bertz CT molecular complexity index is 1870. The number of para-hydroxylation sites is 1. The first-order valence-corrected chi connectivity index (χ1v) is 14.5. The molecule has 14 heteroatoms. The molecule has 2 saturated heterocycles. The average Bonchev–Trinajstić information content (AvgIpc) is 3.76. The Morgan fingerprint density at radius 1 is 0.913 bits per heavy atom. The van der Waals surface area contributed by atoms with Crippen molar-refractivity contribution in [2.24, 2.45) is 0 Å². The summed E-state index contributed by atoms with van der Waals surface area (Å²) >= 11 is 0. The number of imidazole rings is 1. The number of nitrogens with two attached hydrogens (primary N) is 1. The molecule has 4 heterocycles. The van der Waals surface area contributed by atoms with Crippen molar-refractivity contribution in [3.63, 3.8) is 0 Å². The second-order valence-electron chi connectivity index (χ2n) is 10.7. The van der Waals surface area contributed by atoms with Gasteiger partial charge in [0.2, 0.25) is 0 Å². The Hall–Kier alpha value is -5.57. The predicted octanol–water partition coefficient (Wildman–Crippen LogP) is 4.08. The van der Waals surface area contributed by atoms with Crippen LogP contribution < -0.4 is 21.1 Å². The van der Waals surface area contributed by atoms with Gasteiger partial charge in [-0.1, -0.05) is 48.5 Å². The topological polar surface area (TPSA) is 185 Å². The van der Waals surface area contributed by atoms with Crippen LogP contribution in [0.15, 0.2) is 91.5 Å². The third-order valence-electron chi connectivity index (χ3n) is 7.68. The summed E-state index contributed by atoms with van der Waals surface area (Å²) in [5, 5.41) is 15.2. The summed E-state index contributed by atoms with van der Waals surface area (Å²) in [4.78, 5) is 37.7. The van der Waals surface area contributed by atoms with Crippen LogP contribution in [0.2, 0.25) is 0 Å². The van der Waals surface area contributed by atoms with E-state index in [9.17, 15) is 14.7 Å². The van der Waals surface area contributed by atoms with Crippen LogP contribution in [0.3, 0.4) is 0 Å². The van der Waals surface area contributed by atoms with Gasteiger partial charge in [-0.15, -0.1) is 0 Å². The normalized spacial score (nSPS) is 22.0. The van der Waals surface area contributed by atoms with Gasteiger partial charge in [0, 0.05) is 17.8 Å². The second kappa shape index (κ2) is 12.4. The molecule has 2 aliphatic heterocycles. The number of anilines is 3. The van der Waals surface area contributed by atoms with Gasteiger partial charge < -0.3 is 35.1 Å². The lowest BCUT2D eigenvalue weighted by atomic mass is 10.1. The number of amides is 2. The minimum absolute atomic E-state index is 0.0304. The van der Waals surface area contributed by atoms with Gasteiger partial charge >= 0.3 is 12.0 Å². The molecule has 0 saturated carbocycles. The number of rotatable bonds is 9. The van der Waals surface area contributed by atoms with Crippen LogP contribution in [-0.2, 0) is 20.6 Å². The van der Waals surface area contributed by atoms with Crippen molar-refractivity contribution >= 4 is 40.4 Å². The largest absolute Gasteiger partial charge is 0.490 e. The molecule has 3 aromatic carbocycles. The lowest BCUT2D eigenvalue weighted by Gasteiger charge is -2.22. The molecule has 5 unspecified atom stereocenters. The number of ether oxygens (including phenoxy) is 4. The number of carbonyl (C=O) groups is 2. The first kappa shape index (κ1) is 29.2. The number of aromatic carboxylic acids is 1. The number of carboxylic acids is 1. The van der Waals surface area contributed by atoms with Crippen LogP contribution in [0.25, 0.3) is 11.2 Å². The Kier molecular flexibility index (Phi) is 7.88. The van der Waals surface area contributed by atoms with Crippen molar-refractivity contribution in [2.45, 2.75) is 37.3 Å². The number of hydrogen-bond acceptors (Lipinski definition) is 10. The maximum atomic E-state index is 12.7. The zero-order valence-corrected chi connectivity index (χ0v) is 24.2. The van der Waals surface area contributed by atoms with E-state index in [2.05, 4.69) is 25.6 Å².